The summed E-state index contributed by atoms with van der Waals surface area (Å²) in [6.07, 6.45) is 1.45. The maximum Gasteiger partial charge on any atom is 0.275 e. The van der Waals surface area contributed by atoms with Crippen molar-refractivity contribution >= 4 is 40.4 Å². The van der Waals surface area contributed by atoms with Gasteiger partial charge in [-0.2, -0.15) is 5.10 Å². The summed E-state index contributed by atoms with van der Waals surface area (Å²) in [5.74, 6) is -1.09. The van der Waals surface area contributed by atoms with Crippen LogP contribution in [0.15, 0.2) is 47.6 Å². The molecule has 0 aliphatic rings. The molecule has 0 saturated heterocycles. The van der Waals surface area contributed by atoms with E-state index in [1.54, 1.807) is 0 Å². The molecule has 0 radical (unpaired) electrons. The number of halogens is 1. The van der Waals surface area contributed by atoms with Gasteiger partial charge in [0.05, 0.1) is 16.7 Å². The first-order valence-corrected chi connectivity index (χ1v) is 7.12. The van der Waals surface area contributed by atoms with E-state index in [4.69, 9.17) is 0 Å². The smallest absolute Gasteiger partial charge is 0.275 e. The van der Waals surface area contributed by atoms with Crippen LogP contribution >= 0.6 is 22.6 Å². The topological polar surface area (TPSA) is 105 Å². The van der Waals surface area contributed by atoms with Crippen molar-refractivity contribution in [1.82, 2.24) is 5.43 Å². The van der Waals surface area contributed by atoms with Crippen LogP contribution in [0.2, 0.25) is 0 Å². The summed E-state index contributed by atoms with van der Waals surface area (Å²) in [6.45, 7) is 0. The third kappa shape index (κ3) is 3.79. The van der Waals surface area contributed by atoms with Gasteiger partial charge in [-0.3, -0.25) is 14.9 Å². The summed E-state index contributed by atoms with van der Waals surface area (Å²) in [7, 11) is 0. The second-order valence-electron chi connectivity index (χ2n) is 4.18. The molecule has 2 N–H and O–H groups in total. The van der Waals surface area contributed by atoms with E-state index in [0.717, 1.165) is 27.3 Å². The molecule has 0 aromatic heterocycles. The van der Waals surface area contributed by atoms with Gasteiger partial charge in [0, 0.05) is 21.3 Å². The van der Waals surface area contributed by atoms with Crippen molar-refractivity contribution in [1.29, 1.82) is 0 Å². The molecular formula is C14H10IN3O4. The highest BCUT2D eigenvalue weighted by molar-refractivity contribution is 14.1. The van der Waals surface area contributed by atoms with Crippen molar-refractivity contribution in [2.75, 3.05) is 0 Å². The molecule has 0 unspecified atom stereocenters. The summed E-state index contributed by atoms with van der Waals surface area (Å²) in [5.41, 5.74) is 2.54. The zero-order valence-electron chi connectivity index (χ0n) is 11.1. The summed E-state index contributed by atoms with van der Waals surface area (Å²) in [6, 6.07) is 10.6. The molecule has 0 fully saturated rings. The van der Waals surface area contributed by atoms with Crippen LogP contribution in [0.25, 0.3) is 0 Å². The molecule has 1 amide bonds. The normalized spacial score (nSPS) is 10.6. The van der Waals surface area contributed by atoms with Gasteiger partial charge in [0.1, 0.15) is 5.75 Å². The molecule has 0 aliphatic carbocycles. The van der Waals surface area contributed by atoms with Gasteiger partial charge in [-0.15, -0.1) is 0 Å². The zero-order chi connectivity index (χ0) is 16.1. The highest BCUT2D eigenvalue weighted by atomic mass is 127. The van der Waals surface area contributed by atoms with Gasteiger partial charge in [-0.1, -0.05) is 18.2 Å². The van der Waals surface area contributed by atoms with Crippen LogP contribution in [0, 0.1) is 13.7 Å². The van der Waals surface area contributed by atoms with Crippen LogP contribution in [0.3, 0.4) is 0 Å². The Balaban J connectivity index is 2.14. The molecule has 2 rings (SSSR count). The van der Waals surface area contributed by atoms with Gasteiger partial charge >= 0.3 is 0 Å². The first-order chi connectivity index (χ1) is 10.5. The molecule has 0 atom stereocenters. The number of phenolic OH excluding ortho intramolecular Hbond substituents is 1. The van der Waals surface area contributed by atoms with Gasteiger partial charge in [0.25, 0.3) is 11.6 Å². The molecule has 8 heteroatoms. The van der Waals surface area contributed by atoms with Gasteiger partial charge in [0.15, 0.2) is 0 Å². The number of hydrogen-bond donors (Lipinski definition) is 2. The van der Waals surface area contributed by atoms with Crippen LogP contribution in [0.4, 0.5) is 5.69 Å². The van der Waals surface area contributed by atoms with E-state index in [1.807, 2.05) is 24.3 Å². The molecule has 0 bridgehead atoms. The Kier molecular flexibility index (Phi) is 5.04. The number of phenols is 1. The third-order valence-corrected chi connectivity index (χ3v) is 3.69. The fourth-order valence-corrected chi connectivity index (χ4v) is 2.15. The maximum atomic E-state index is 11.9. The highest BCUT2D eigenvalue weighted by Crippen LogP contribution is 2.22. The predicted molar refractivity (Wildman–Crippen MR) is 89.0 cm³/mol. The number of rotatable bonds is 4. The van der Waals surface area contributed by atoms with Crippen molar-refractivity contribution in [3.8, 4) is 5.75 Å². The van der Waals surface area contributed by atoms with Crippen LogP contribution in [-0.2, 0) is 0 Å². The van der Waals surface area contributed by atoms with E-state index in [1.165, 1.54) is 6.21 Å². The molecular weight excluding hydrogens is 401 g/mol. The van der Waals surface area contributed by atoms with Gasteiger partial charge in [0.2, 0.25) is 0 Å². The lowest BCUT2D eigenvalue weighted by Crippen LogP contribution is -2.18. The Bertz CT molecular complexity index is 762. The second-order valence-corrected chi connectivity index (χ2v) is 5.34. The molecule has 0 aliphatic heterocycles. The average Bonchev–Trinajstić information content (AvgIpc) is 2.49. The Hall–Kier alpha value is -2.49. The number of carbonyl (C=O) groups is 1. The molecule has 112 valence electrons. The number of nitrogens with one attached hydrogen (secondary N) is 1. The minimum atomic E-state index is -0.733. The van der Waals surface area contributed by atoms with E-state index in [9.17, 15) is 20.0 Å². The second kappa shape index (κ2) is 6.98. The van der Waals surface area contributed by atoms with Gasteiger partial charge in [-0.05, 0) is 34.7 Å². The number of nitro benzene ring substituents is 1. The average molecular weight is 411 g/mol. The number of non-ortho nitro benzene ring substituents is 1. The van der Waals surface area contributed by atoms with E-state index in [2.05, 4.69) is 33.1 Å². The van der Waals surface area contributed by atoms with Crippen molar-refractivity contribution in [2.24, 2.45) is 5.10 Å². The van der Waals surface area contributed by atoms with Crippen LogP contribution in [-0.4, -0.2) is 22.2 Å². The molecule has 2 aromatic carbocycles. The van der Waals surface area contributed by atoms with Gasteiger partial charge in [-0.25, -0.2) is 5.43 Å². The number of nitrogens with zero attached hydrogens (tertiary/aromatic N) is 2. The number of nitro groups is 1. The highest BCUT2D eigenvalue weighted by Gasteiger charge is 2.15. The summed E-state index contributed by atoms with van der Waals surface area (Å²) in [5, 5.41) is 24.1. The number of aromatic hydroxyl groups is 1. The standard InChI is InChI=1S/C14H10IN3O4/c15-12-4-2-1-3-9(12)8-16-17-14(20)11-7-10(18(21)22)5-6-13(11)19/h1-8,19H,(H,17,20)/b16-8-. The number of carbonyl (C=O) groups excluding carboxylic acids is 1. The molecule has 0 spiro atoms. The van der Waals surface area contributed by atoms with E-state index >= 15 is 0 Å². The fraction of sp³-hybridized carbons (Fsp3) is 0. The molecule has 2 aromatic rings. The molecule has 0 saturated carbocycles. The number of benzene rings is 2. The van der Waals surface area contributed by atoms with E-state index in [-0.39, 0.29) is 17.0 Å². The van der Waals surface area contributed by atoms with Crippen molar-refractivity contribution < 1.29 is 14.8 Å². The minimum absolute atomic E-state index is 0.214. The first-order valence-electron chi connectivity index (χ1n) is 6.04. The lowest BCUT2D eigenvalue weighted by Gasteiger charge is -2.03. The number of amides is 1. The largest absolute Gasteiger partial charge is 0.507 e. The first kappa shape index (κ1) is 15.9. The maximum absolute atomic E-state index is 11.9. The Morgan fingerprint density at radius 2 is 2.05 bits per heavy atom. The third-order valence-electron chi connectivity index (χ3n) is 2.71. The molecule has 0 heterocycles. The quantitative estimate of drug-likeness (QED) is 0.349. The fourth-order valence-electron chi connectivity index (χ4n) is 1.62. The minimum Gasteiger partial charge on any atom is -0.507 e. The Labute approximate surface area is 139 Å². The summed E-state index contributed by atoms with van der Waals surface area (Å²) < 4.78 is 0.955. The molecule has 22 heavy (non-hydrogen) atoms. The van der Waals surface area contributed by atoms with Gasteiger partial charge < -0.3 is 5.11 Å². The number of hydrogen-bond acceptors (Lipinski definition) is 5. The Morgan fingerprint density at radius 1 is 1.32 bits per heavy atom. The lowest BCUT2D eigenvalue weighted by atomic mass is 10.1. The zero-order valence-corrected chi connectivity index (χ0v) is 13.2. The summed E-state index contributed by atoms with van der Waals surface area (Å²) >= 11 is 2.13. The van der Waals surface area contributed by atoms with E-state index in [0.29, 0.717) is 0 Å². The Morgan fingerprint density at radius 3 is 2.73 bits per heavy atom. The van der Waals surface area contributed by atoms with Crippen molar-refractivity contribution in [3.63, 3.8) is 0 Å². The predicted octanol–water partition coefficient (Wildman–Crippen LogP) is 2.67. The van der Waals surface area contributed by atoms with Crippen LogP contribution in [0.1, 0.15) is 15.9 Å². The SMILES string of the molecule is O=C(N/N=C\c1ccccc1I)c1cc([N+](=O)[O-])ccc1O. The van der Waals surface area contributed by atoms with Crippen LogP contribution < -0.4 is 5.43 Å². The van der Waals surface area contributed by atoms with Crippen molar-refractivity contribution in [3.05, 3.63) is 67.3 Å². The lowest BCUT2D eigenvalue weighted by molar-refractivity contribution is -0.384. The van der Waals surface area contributed by atoms with Crippen molar-refractivity contribution in [2.45, 2.75) is 0 Å². The summed E-state index contributed by atoms with van der Waals surface area (Å²) in [4.78, 5) is 21.9. The number of hydrazone groups is 1. The van der Waals surface area contributed by atoms with E-state index < -0.39 is 10.8 Å². The molecule has 7 nitrogen and oxygen atoms in total. The monoisotopic (exact) mass is 411 g/mol. The van der Waals surface area contributed by atoms with Crippen LogP contribution in [0.5, 0.6) is 5.75 Å².